The van der Waals surface area contributed by atoms with Gasteiger partial charge < -0.3 is 15.0 Å². The first kappa shape index (κ1) is 15.1. The van der Waals surface area contributed by atoms with Gasteiger partial charge in [-0.2, -0.15) is 0 Å². The van der Waals surface area contributed by atoms with E-state index in [9.17, 15) is 0 Å². The Labute approximate surface area is 128 Å². The Morgan fingerprint density at radius 3 is 2.95 bits per heavy atom. The number of halogens is 1. The van der Waals surface area contributed by atoms with Crippen molar-refractivity contribution in [3.05, 3.63) is 46.5 Å². The summed E-state index contributed by atoms with van der Waals surface area (Å²) in [5.41, 5.74) is 7.14. The molecule has 2 rings (SSSR count). The Hall–Kier alpha value is -1.33. The molecule has 0 spiro atoms. The van der Waals surface area contributed by atoms with Crippen molar-refractivity contribution in [2.45, 2.75) is 32.4 Å². The van der Waals surface area contributed by atoms with Gasteiger partial charge in [0.25, 0.3) is 0 Å². The van der Waals surface area contributed by atoms with E-state index in [4.69, 9.17) is 10.5 Å². The van der Waals surface area contributed by atoms with E-state index in [1.807, 2.05) is 24.5 Å². The molecule has 1 unspecified atom stereocenters. The lowest BCUT2D eigenvalue weighted by molar-refractivity contribution is 0.408. The molecule has 5 heteroatoms. The van der Waals surface area contributed by atoms with Crippen LogP contribution in [0.2, 0.25) is 0 Å². The van der Waals surface area contributed by atoms with E-state index in [2.05, 4.69) is 38.5 Å². The molecule has 0 radical (unpaired) electrons. The number of hydrogen-bond donors (Lipinski definition) is 1. The molecule has 20 heavy (non-hydrogen) atoms. The van der Waals surface area contributed by atoms with Gasteiger partial charge in [0.05, 0.1) is 13.7 Å². The summed E-state index contributed by atoms with van der Waals surface area (Å²) in [6, 6.07) is 6.17. The molecule has 0 bridgehead atoms. The second-order valence-electron chi connectivity index (χ2n) is 4.80. The number of rotatable bonds is 6. The fourth-order valence-corrected chi connectivity index (χ4v) is 2.52. The molecule has 108 valence electrons. The quantitative estimate of drug-likeness (QED) is 0.881. The molecule has 4 nitrogen and oxygen atoms in total. The fraction of sp³-hybridized carbons (Fsp3) is 0.400. The highest BCUT2D eigenvalue weighted by atomic mass is 79.9. The minimum Gasteiger partial charge on any atom is -0.496 e. The SMILES string of the molecule is CCC(N)Cc1nccn1Cc1cc(Br)ccc1OC. The predicted octanol–water partition coefficient (Wildman–Crippen LogP) is 2.98. The second kappa shape index (κ2) is 6.90. The molecule has 1 heterocycles. The molecule has 0 saturated carbocycles. The maximum atomic E-state index is 6.02. The molecule has 0 saturated heterocycles. The number of ether oxygens (including phenoxy) is 1. The fourth-order valence-electron chi connectivity index (χ4n) is 2.11. The highest BCUT2D eigenvalue weighted by Gasteiger charge is 2.10. The van der Waals surface area contributed by atoms with Gasteiger partial charge in [-0.05, 0) is 24.6 Å². The molecule has 0 aliphatic rings. The summed E-state index contributed by atoms with van der Waals surface area (Å²) >= 11 is 3.50. The van der Waals surface area contributed by atoms with Crippen molar-refractivity contribution < 1.29 is 4.74 Å². The monoisotopic (exact) mass is 337 g/mol. The third kappa shape index (κ3) is 3.61. The van der Waals surface area contributed by atoms with Gasteiger partial charge in [-0.15, -0.1) is 0 Å². The van der Waals surface area contributed by atoms with E-state index < -0.39 is 0 Å². The lowest BCUT2D eigenvalue weighted by atomic mass is 10.1. The maximum absolute atomic E-state index is 6.02. The van der Waals surface area contributed by atoms with Gasteiger partial charge in [0.15, 0.2) is 0 Å². The number of nitrogens with zero attached hydrogens (tertiary/aromatic N) is 2. The first-order chi connectivity index (χ1) is 9.63. The van der Waals surface area contributed by atoms with Gasteiger partial charge in [-0.3, -0.25) is 0 Å². The van der Waals surface area contributed by atoms with E-state index in [1.165, 1.54) is 0 Å². The van der Waals surface area contributed by atoms with Crippen LogP contribution in [0, 0.1) is 0 Å². The Morgan fingerprint density at radius 2 is 2.25 bits per heavy atom. The predicted molar refractivity (Wildman–Crippen MR) is 84.0 cm³/mol. The average molecular weight is 338 g/mol. The van der Waals surface area contributed by atoms with Crippen LogP contribution in [0.4, 0.5) is 0 Å². The van der Waals surface area contributed by atoms with Crippen molar-refractivity contribution in [3.63, 3.8) is 0 Å². The van der Waals surface area contributed by atoms with Crippen molar-refractivity contribution in [3.8, 4) is 5.75 Å². The number of methoxy groups -OCH3 is 1. The van der Waals surface area contributed by atoms with Gasteiger partial charge in [0.2, 0.25) is 0 Å². The Kier molecular flexibility index (Phi) is 5.20. The highest BCUT2D eigenvalue weighted by Crippen LogP contribution is 2.24. The van der Waals surface area contributed by atoms with Gasteiger partial charge in [0, 0.05) is 34.9 Å². The minimum absolute atomic E-state index is 0.153. The standard InChI is InChI=1S/C15H20BrN3O/c1-3-13(17)9-15-18-6-7-19(15)10-11-8-12(16)4-5-14(11)20-2/h4-8,13H,3,9-10,17H2,1-2H3. The summed E-state index contributed by atoms with van der Waals surface area (Å²) < 4.78 is 8.58. The van der Waals surface area contributed by atoms with Crippen molar-refractivity contribution in [1.82, 2.24) is 9.55 Å². The third-order valence-electron chi connectivity index (χ3n) is 3.35. The van der Waals surface area contributed by atoms with Crippen molar-refractivity contribution in [1.29, 1.82) is 0 Å². The van der Waals surface area contributed by atoms with Crippen LogP contribution < -0.4 is 10.5 Å². The Morgan fingerprint density at radius 1 is 1.45 bits per heavy atom. The van der Waals surface area contributed by atoms with Crippen LogP contribution in [0.3, 0.4) is 0 Å². The molecule has 1 atom stereocenters. The van der Waals surface area contributed by atoms with Crippen LogP contribution in [0.5, 0.6) is 5.75 Å². The summed E-state index contributed by atoms with van der Waals surface area (Å²) in [6.45, 7) is 2.82. The first-order valence-electron chi connectivity index (χ1n) is 6.72. The number of imidazole rings is 1. The van der Waals surface area contributed by atoms with E-state index >= 15 is 0 Å². The second-order valence-corrected chi connectivity index (χ2v) is 5.72. The molecule has 2 N–H and O–H groups in total. The molecule has 0 amide bonds. The number of nitrogens with two attached hydrogens (primary N) is 1. The number of aromatic nitrogens is 2. The third-order valence-corrected chi connectivity index (χ3v) is 3.85. The maximum Gasteiger partial charge on any atom is 0.123 e. The van der Waals surface area contributed by atoms with Crippen LogP contribution in [0.1, 0.15) is 24.7 Å². The molecule has 0 aliphatic heterocycles. The summed E-state index contributed by atoms with van der Waals surface area (Å²) in [6.07, 6.45) is 5.55. The summed E-state index contributed by atoms with van der Waals surface area (Å²) in [5, 5.41) is 0. The van der Waals surface area contributed by atoms with Gasteiger partial charge >= 0.3 is 0 Å². The summed E-state index contributed by atoms with van der Waals surface area (Å²) in [4.78, 5) is 4.41. The molecular formula is C15H20BrN3O. The highest BCUT2D eigenvalue weighted by molar-refractivity contribution is 9.10. The zero-order valence-electron chi connectivity index (χ0n) is 11.8. The van der Waals surface area contributed by atoms with E-state index in [1.54, 1.807) is 7.11 Å². The summed E-state index contributed by atoms with van der Waals surface area (Å²) in [5.74, 6) is 1.90. The molecule has 2 aromatic rings. The van der Waals surface area contributed by atoms with Crippen LogP contribution in [0.15, 0.2) is 35.1 Å². The zero-order valence-corrected chi connectivity index (χ0v) is 13.4. The molecule has 0 fully saturated rings. The topological polar surface area (TPSA) is 53.1 Å². The lowest BCUT2D eigenvalue weighted by Gasteiger charge is -2.14. The molecular weight excluding hydrogens is 318 g/mol. The molecule has 0 aliphatic carbocycles. The van der Waals surface area contributed by atoms with E-state index in [0.29, 0.717) is 0 Å². The smallest absolute Gasteiger partial charge is 0.123 e. The van der Waals surface area contributed by atoms with Gasteiger partial charge in [-0.1, -0.05) is 22.9 Å². The zero-order chi connectivity index (χ0) is 14.5. The van der Waals surface area contributed by atoms with Crippen molar-refractivity contribution >= 4 is 15.9 Å². The largest absolute Gasteiger partial charge is 0.496 e. The molecule has 1 aromatic heterocycles. The van der Waals surface area contributed by atoms with Crippen LogP contribution in [-0.2, 0) is 13.0 Å². The van der Waals surface area contributed by atoms with Crippen molar-refractivity contribution in [2.75, 3.05) is 7.11 Å². The minimum atomic E-state index is 0.153. The van der Waals surface area contributed by atoms with Crippen LogP contribution in [-0.4, -0.2) is 22.7 Å². The number of benzene rings is 1. The van der Waals surface area contributed by atoms with Crippen LogP contribution in [0.25, 0.3) is 0 Å². The number of hydrogen-bond acceptors (Lipinski definition) is 3. The van der Waals surface area contributed by atoms with Gasteiger partial charge in [0.1, 0.15) is 11.6 Å². The van der Waals surface area contributed by atoms with Crippen LogP contribution >= 0.6 is 15.9 Å². The van der Waals surface area contributed by atoms with Gasteiger partial charge in [-0.25, -0.2) is 4.98 Å². The summed E-state index contributed by atoms with van der Waals surface area (Å²) in [7, 11) is 1.69. The normalized spacial score (nSPS) is 12.4. The van der Waals surface area contributed by atoms with E-state index in [-0.39, 0.29) is 6.04 Å². The Bertz CT molecular complexity index is 568. The van der Waals surface area contributed by atoms with Crippen molar-refractivity contribution in [2.24, 2.45) is 5.73 Å². The van der Waals surface area contributed by atoms with E-state index in [0.717, 1.165) is 41.0 Å². The average Bonchev–Trinajstić information content (AvgIpc) is 2.86. The molecule has 1 aromatic carbocycles. The lowest BCUT2D eigenvalue weighted by Crippen LogP contribution is -2.23. The Balaban J connectivity index is 2.22. The first-order valence-corrected chi connectivity index (χ1v) is 7.51.